The molecule has 1 unspecified atom stereocenters. The van der Waals surface area contributed by atoms with Gasteiger partial charge in [-0.05, 0) is 36.2 Å². The number of rotatable bonds is 3. The van der Waals surface area contributed by atoms with Crippen LogP contribution in [-0.4, -0.2) is 0 Å². The van der Waals surface area contributed by atoms with Gasteiger partial charge in [0.05, 0.1) is 11.6 Å². The van der Waals surface area contributed by atoms with Gasteiger partial charge in [0, 0.05) is 0 Å². The fourth-order valence-electron chi connectivity index (χ4n) is 2.58. The van der Waals surface area contributed by atoms with Crippen LogP contribution in [0.4, 0.5) is 8.78 Å². The zero-order valence-corrected chi connectivity index (χ0v) is 12.5. The van der Waals surface area contributed by atoms with Crippen LogP contribution in [0, 0.1) is 11.6 Å². The van der Waals surface area contributed by atoms with E-state index < -0.39 is 23.1 Å². The monoisotopic (exact) mass is 315 g/mol. The Morgan fingerprint density at radius 2 is 1.91 bits per heavy atom. The quantitative estimate of drug-likeness (QED) is 0.790. The highest BCUT2D eigenvalue weighted by Crippen LogP contribution is 2.30. The van der Waals surface area contributed by atoms with Gasteiger partial charge in [-0.2, -0.15) is 0 Å². The molecule has 0 bridgehead atoms. The summed E-state index contributed by atoms with van der Waals surface area (Å²) < 4.78 is 33.3. The standard InChI is InChI=1S/C18H15F2NO2/c1-2-13(21)18-15(10-5-3-6-11(19)9-10)17(22)16-12(20)7-4-8-14(16)23-18/h3-9,13H,2,21H2,1H3. The van der Waals surface area contributed by atoms with Crippen LogP contribution < -0.4 is 11.2 Å². The average molecular weight is 315 g/mol. The highest BCUT2D eigenvalue weighted by atomic mass is 19.1. The molecule has 1 heterocycles. The van der Waals surface area contributed by atoms with E-state index in [1.807, 2.05) is 6.92 Å². The molecular weight excluding hydrogens is 300 g/mol. The largest absolute Gasteiger partial charge is 0.458 e. The fraction of sp³-hybridized carbons (Fsp3) is 0.167. The molecule has 5 heteroatoms. The second-order valence-corrected chi connectivity index (χ2v) is 5.31. The van der Waals surface area contributed by atoms with Crippen LogP contribution in [0.5, 0.6) is 0 Å². The minimum absolute atomic E-state index is 0.108. The van der Waals surface area contributed by atoms with E-state index in [0.29, 0.717) is 12.0 Å². The molecule has 2 N–H and O–H groups in total. The Hall–Kier alpha value is -2.53. The number of hydrogen-bond acceptors (Lipinski definition) is 3. The zero-order chi connectivity index (χ0) is 16.6. The first kappa shape index (κ1) is 15.4. The van der Waals surface area contributed by atoms with Gasteiger partial charge in [-0.15, -0.1) is 0 Å². The Morgan fingerprint density at radius 3 is 2.61 bits per heavy atom. The summed E-state index contributed by atoms with van der Waals surface area (Å²) in [6.07, 6.45) is 0.520. The van der Waals surface area contributed by atoms with Gasteiger partial charge >= 0.3 is 0 Å². The molecule has 23 heavy (non-hydrogen) atoms. The van der Waals surface area contributed by atoms with Crippen molar-refractivity contribution in [2.75, 3.05) is 0 Å². The van der Waals surface area contributed by atoms with E-state index in [1.54, 1.807) is 6.07 Å². The van der Waals surface area contributed by atoms with Crippen molar-refractivity contribution in [2.24, 2.45) is 5.73 Å². The van der Waals surface area contributed by atoms with Gasteiger partial charge in [-0.25, -0.2) is 8.78 Å². The molecule has 0 fully saturated rings. The minimum atomic E-state index is -0.675. The van der Waals surface area contributed by atoms with E-state index in [2.05, 4.69) is 0 Å². The molecular formula is C18H15F2NO2. The summed E-state index contributed by atoms with van der Waals surface area (Å²) in [5, 5.41) is -0.154. The third kappa shape index (κ3) is 2.64. The van der Waals surface area contributed by atoms with Crippen LogP contribution in [-0.2, 0) is 0 Å². The molecule has 1 atom stereocenters. The van der Waals surface area contributed by atoms with Crippen LogP contribution in [0.15, 0.2) is 51.7 Å². The summed E-state index contributed by atoms with van der Waals surface area (Å²) >= 11 is 0. The number of fused-ring (bicyclic) bond motifs is 1. The van der Waals surface area contributed by atoms with E-state index in [0.717, 1.165) is 0 Å². The molecule has 2 aromatic carbocycles. The lowest BCUT2D eigenvalue weighted by Gasteiger charge is -2.15. The van der Waals surface area contributed by atoms with Crippen molar-refractivity contribution in [3.8, 4) is 11.1 Å². The SMILES string of the molecule is CCC(N)c1oc2cccc(F)c2c(=O)c1-c1cccc(F)c1. The van der Waals surface area contributed by atoms with Crippen molar-refractivity contribution in [2.45, 2.75) is 19.4 Å². The Kier molecular flexibility index (Phi) is 3.96. The number of halogens is 2. The molecule has 0 aliphatic heterocycles. The number of nitrogens with two attached hydrogens (primary N) is 1. The minimum Gasteiger partial charge on any atom is -0.458 e. The van der Waals surface area contributed by atoms with Crippen molar-refractivity contribution in [1.82, 2.24) is 0 Å². The summed E-state index contributed by atoms with van der Waals surface area (Å²) in [6.45, 7) is 1.84. The predicted molar refractivity (Wildman–Crippen MR) is 85.1 cm³/mol. The highest BCUT2D eigenvalue weighted by Gasteiger charge is 2.22. The Bertz CT molecular complexity index is 934. The third-order valence-corrected chi connectivity index (χ3v) is 3.79. The van der Waals surface area contributed by atoms with Gasteiger partial charge in [0.2, 0.25) is 5.43 Å². The normalized spacial score (nSPS) is 12.5. The molecule has 1 aromatic heterocycles. The lowest BCUT2D eigenvalue weighted by atomic mass is 9.98. The van der Waals surface area contributed by atoms with E-state index >= 15 is 0 Å². The van der Waals surface area contributed by atoms with E-state index in [9.17, 15) is 13.6 Å². The lowest BCUT2D eigenvalue weighted by molar-refractivity contribution is 0.478. The molecule has 0 radical (unpaired) electrons. The van der Waals surface area contributed by atoms with E-state index in [-0.39, 0.29) is 22.3 Å². The van der Waals surface area contributed by atoms with Crippen LogP contribution in [0.1, 0.15) is 25.1 Å². The van der Waals surface area contributed by atoms with Gasteiger partial charge in [0.15, 0.2) is 0 Å². The molecule has 0 amide bonds. The van der Waals surface area contributed by atoms with Gasteiger partial charge < -0.3 is 10.2 Å². The van der Waals surface area contributed by atoms with Crippen LogP contribution in [0.25, 0.3) is 22.1 Å². The zero-order valence-electron chi connectivity index (χ0n) is 12.5. The number of hydrogen-bond donors (Lipinski definition) is 1. The molecule has 0 aliphatic rings. The summed E-state index contributed by atoms with van der Waals surface area (Å²) in [6, 6.07) is 9.16. The van der Waals surface area contributed by atoms with Crippen molar-refractivity contribution in [3.63, 3.8) is 0 Å². The van der Waals surface area contributed by atoms with Crippen LogP contribution in [0.2, 0.25) is 0 Å². The fourth-order valence-corrected chi connectivity index (χ4v) is 2.58. The molecule has 0 saturated heterocycles. The van der Waals surface area contributed by atoms with Gasteiger partial charge in [0.1, 0.15) is 28.4 Å². The second-order valence-electron chi connectivity index (χ2n) is 5.31. The molecule has 118 valence electrons. The number of benzene rings is 2. The summed E-state index contributed by atoms with van der Waals surface area (Å²) in [5.74, 6) is -0.932. The summed E-state index contributed by atoms with van der Waals surface area (Å²) in [4.78, 5) is 12.8. The van der Waals surface area contributed by atoms with E-state index in [1.165, 1.54) is 36.4 Å². The average Bonchev–Trinajstić information content (AvgIpc) is 2.53. The maximum absolute atomic E-state index is 14.1. The molecule has 0 spiro atoms. The van der Waals surface area contributed by atoms with Crippen molar-refractivity contribution in [1.29, 1.82) is 0 Å². The van der Waals surface area contributed by atoms with Crippen molar-refractivity contribution >= 4 is 11.0 Å². The predicted octanol–water partition coefficient (Wildman–Crippen LogP) is 4.15. The van der Waals surface area contributed by atoms with Gasteiger partial charge in [-0.3, -0.25) is 4.79 Å². The van der Waals surface area contributed by atoms with Crippen LogP contribution in [0.3, 0.4) is 0 Å². The highest BCUT2D eigenvalue weighted by molar-refractivity contribution is 5.83. The molecule has 0 aliphatic carbocycles. The second kappa shape index (κ2) is 5.93. The van der Waals surface area contributed by atoms with Gasteiger partial charge in [-0.1, -0.05) is 25.1 Å². The summed E-state index contributed by atoms with van der Waals surface area (Å²) in [7, 11) is 0. The first-order valence-corrected chi connectivity index (χ1v) is 7.29. The Balaban J connectivity index is 2.44. The third-order valence-electron chi connectivity index (χ3n) is 3.79. The molecule has 3 nitrogen and oxygen atoms in total. The van der Waals surface area contributed by atoms with E-state index in [4.69, 9.17) is 10.2 Å². The Labute approximate surface area is 131 Å². The van der Waals surface area contributed by atoms with Crippen molar-refractivity contribution < 1.29 is 13.2 Å². The lowest BCUT2D eigenvalue weighted by Crippen LogP contribution is -2.17. The van der Waals surface area contributed by atoms with Crippen molar-refractivity contribution in [3.05, 3.63) is 70.1 Å². The maximum Gasteiger partial charge on any atom is 0.203 e. The molecule has 3 aromatic rings. The Morgan fingerprint density at radius 1 is 1.17 bits per heavy atom. The topological polar surface area (TPSA) is 56.2 Å². The molecule has 3 rings (SSSR count). The first-order valence-electron chi connectivity index (χ1n) is 7.29. The molecule has 0 saturated carbocycles. The smallest absolute Gasteiger partial charge is 0.203 e. The van der Waals surface area contributed by atoms with Gasteiger partial charge in [0.25, 0.3) is 0 Å². The first-order chi connectivity index (χ1) is 11.0. The maximum atomic E-state index is 14.1. The van der Waals surface area contributed by atoms with Crippen LogP contribution >= 0.6 is 0 Å². The summed E-state index contributed by atoms with van der Waals surface area (Å²) in [5.41, 5.74) is 6.06.